The van der Waals surface area contributed by atoms with Gasteiger partial charge in [0.25, 0.3) is 0 Å². The molecule has 8 nitrogen and oxygen atoms in total. The van der Waals surface area contributed by atoms with Crippen LogP contribution in [0, 0.1) is 0 Å². The van der Waals surface area contributed by atoms with Crippen molar-refractivity contribution in [3.8, 4) is 0 Å². The largest absolute Gasteiger partial charge is 0.390 e. The first kappa shape index (κ1) is 14.8. The highest BCUT2D eigenvalue weighted by Crippen LogP contribution is 2.22. The minimum Gasteiger partial charge on any atom is -0.390 e. The van der Waals surface area contributed by atoms with Crippen molar-refractivity contribution in [2.45, 2.75) is 26.1 Å². The van der Waals surface area contributed by atoms with Crippen LogP contribution in [-0.2, 0) is 38.0 Å². The first-order valence-electron chi connectivity index (χ1n) is 7.88. The van der Waals surface area contributed by atoms with E-state index in [1.807, 2.05) is 31.3 Å². The Morgan fingerprint density at radius 3 is 2.58 bits per heavy atom. The van der Waals surface area contributed by atoms with E-state index in [1.165, 1.54) is 4.80 Å². The summed E-state index contributed by atoms with van der Waals surface area (Å²) >= 11 is 0. The Hall–Kier alpha value is -2.74. The van der Waals surface area contributed by atoms with Crippen LogP contribution in [0.3, 0.4) is 0 Å². The molecule has 1 amide bonds. The summed E-state index contributed by atoms with van der Waals surface area (Å²) < 4.78 is 1.80. The highest BCUT2D eigenvalue weighted by molar-refractivity contribution is 5.77. The van der Waals surface area contributed by atoms with Gasteiger partial charge in [-0.3, -0.25) is 9.48 Å². The van der Waals surface area contributed by atoms with E-state index in [-0.39, 0.29) is 19.1 Å². The molecule has 4 rings (SSSR count). The molecule has 0 saturated carbocycles. The van der Waals surface area contributed by atoms with E-state index in [2.05, 4.69) is 15.3 Å². The number of rotatable bonds is 3. The van der Waals surface area contributed by atoms with E-state index < -0.39 is 0 Å². The molecule has 0 spiro atoms. The van der Waals surface area contributed by atoms with Crippen LogP contribution < -0.4 is 0 Å². The second-order valence-corrected chi connectivity index (χ2v) is 5.94. The van der Waals surface area contributed by atoms with Crippen molar-refractivity contribution in [1.82, 2.24) is 29.7 Å². The number of aliphatic hydroxyl groups excluding tert-OH is 1. The maximum absolute atomic E-state index is 12.6. The van der Waals surface area contributed by atoms with Crippen molar-refractivity contribution in [2.75, 3.05) is 6.54 Å². The fourth-order valence-electron chi connectivity index (χ4n) is 3.21. The summed E-state index contributed by atoms with van der Waals surface area (Å²) in [6.45, 7) is 1.10. The molecule has 0 fully saturated rings. The summed E-state index contributed by atoms with van der Waals surface area (Å²) in [6, 6.07) is 7.54. The smallest absolute Gasteiger partial charge is 0.246 e. The van der Waals surface area contributed by atoms with Gasteiger partial charge in [0.2, 0.25) is 5.91 Å². The molecule has 0 atom stereocenters. The van der Waals surface area contributed by atoms with Gasteiger partial charge in [0.05, 0.1) is 12.3 Å². The monoisotopic (exact) mass is 326 g/mol. The van der Waals surface area contributed by atoms with Crippen LogP contribution in [0.5, 0.6) is 0 Å². The summed E-state index contributed by atoms with van der Waals surface area (Å²) in [5.74, 6) is -0.0336. The lowest BCUT2D eigenvalue weighted by atomic mass is 10.1. The van der Waals surface area contributed by atoms with E-state index in [4.69, 9.17) is 0 Å². The third kappa shape index (κ3) is 2.44. The predicted octanol–water partition coefficient (Wildman–Crippen LogP) is 0.242. The van der Waals surface area contributed by atoms with Gasteiger partial charge in [0, 0.05) is 37.8 Å². The topological polar surface area (TPSA) is 89.1 Å². The molecule has 0 radical (unpaired) electrons. The summed E-state index contributed by atoms with van der Waals surface area (Å²) in [4.78, 5) is 15.8. The van der Waals surface area contributed by atoms with Gasteiger partial charge in [0.15, 0.2) is 0 Å². The highest BCUT2D eigenvalue weighted by Gasteiger charge is 2.26. The Balaban J connectivity index is 1.52. The number of hydrogen-bond donors (Lipinski definition) is 1. The molecule has 1 N–H and O–H groups in total. The van der Waals surface area contributed by atoms with Crippen molar-refractivity contribution in [3.05, 3.63) is 41.2 Å². The molecule has 0 unspecified atom stereocenters. The molecule has 3 heterocycles. The standard InChI is InChI=1S/C16H18N6O2/c1-20-15-6-7-21(8-11(15)14(10-23)17-20)16(24)9-22-18-12-4-2-3-5-13(12)19-22/h2-5,23H,6-10H2,1H3. The van der Waals surface area contributed by atoms with Crippen LogP contribution in [0.4, 0.5) is 0 Å². The molecule has 0 bridgehead atoms. The lowest BCUT2D eigenvalue weighted by Crippen LogP contribution is -2.38. The van der Waals surface area contributed by atoms with Crippen LogP contribution in [-0.4, -0.2) is 47.2 Å². The average Bonchev–Trinajstić information content (AvgIpc) is 3.14. The Labute approximate surface area is 138 Å². The SMILES string of the molecule is Cn1nc(CO)c2c1CCN(C(=O)Cn1nc3ccccc3n1)C2. The van der Waals surface area contributed by atoms with Gasteiger partial charge >= 0.3 is 0 Å². The zero-order valence-electron chi connectivity index (χ0n) is 13.4. The van der Waals surface area contributed by atoms with Gasteiger partial charge in [0.1, 0.15) is 17.6 Å². The molecule has 1 aromatic carbocycles. The summed E-state index contributed by atoms with van der Waals surface area (Å²) in [6.07, 6.45) is 0.735. The van der Waals surface area contributed by atoms with Gasteiger partial charge in [-0.1, -0.05) is 12.1 Å². The van der Waals surface area contributed by atoms with E-state index in [1.54, 1.807) is 9.58 Å². The number of benzene rings is 1. The maximum Gasteiger partial charge on any atom is 0.246 e. The number of carbonyl (C=O) groups is 1. The van der Waals surface area contributed by atoms with Crippen molar-refractivity contribution >= 4 is 16.9 Å². The minimum absolute atomic E-state index is 0.0336. The molecular formula is C16H18N6O2. The van der Waals surface area contributed by atoms with Gasteiger partial charge < -0.3 is 10.0 Å². The maximum atomic E-state index is 12.6. The molecule has 0 saturated heterocycles. The summed E-state index contributed by atoms with van der Waals surface area (Å²) in [5, 5.41) is 22.4. The highest BCUT2D eigenvalue weighted by atomic mass is 16.3. The van der Waals surface area contributed by atoms with Crippen molar-refractivity contribution < 1.29 is 9.90 Å². The zero-order chi connectivity index (χ0) is 16.7. The number of aliphatic hydroxyl groups is 1. The van der Waals surface area contributed by atoms with Gasteiger partial charge in [-0.25, -0.2) is 0 Å². The second-order valence-electron chi connectivity index (χ2n) is 5.94. The van der Waals surface area contributed by atoms with Crippen LogP contribution in [0.2, 0.25) is 0 Å². The summed E-state index contributed by atoms with van der Waals surface area (Å²) in [7, 11) is 1.87. The lowest BCUT2D eigenvalue weighted by Gasteiger charge is -2.27. The Bertz CT molecular complexity index is 880. The number of amides is 1. The van der Waals surface area contributed by atoms with E-state index >= 15 is 0 Å². The second kappa shape index (κ2) is 5.72. The fraction of sp³-hybridized carbons (Fsp3) is 0.375. The normalized spacial score (nSPS) is 14.2. The first-order valence-corrected chi connectivity index (χ1v) is 7.88. The minimum atomic E-state index is -0.114. The Kier molecular flexibility index (Phi) is 3.53. The molecule has 1 aliphatic heterocycles. The zero-order valence-corrected chi connectivity index (χ0v) is 13.4. The quantitative estimate of drug-likeness (QED) is 0.745. The third-order valence-corrected chi connectivity index (χ3v) is 4.43. The molecule has 2 aromatic heterocycles. The van der Waals surface area contributed by atoms with Crippen LogP contribution >= 0.6 is 0 Å². The van der Waals surface area contributed by atoms with E-state index in [0.29, 0.717) is 18.8 Å². The number of fused-ring (bicyclic) bond motifs is 2. The van der Waals surface area contributed by atoms with Crippen molar-refractivity contribution in [2.24, 2.45) is 7.05 Å². The van der Waals surface area contributed by atoms with E-state index in [9.17, 15) is 9.90 Å². The van der Waals surface area contributed by atoms with Crippen LogP contribution in [0.1, 0.15) is 17.0 Å². The van der Waals surface area contributed by atoms with Gasteiger partial charge in [-0.15, -0.1) is 0 Å². The lowest BCUT2D eigenvalue weighted by molar-refractivity contribution is -0.133. The Morgan fingerprint density at radius 2 is 1.92 bits per heavy atom. The fourth-order valence-corrected chi connectivity index (χ4v) is 3.21. The van der Waals surface area contributed by atoms with Crippen LogP contribution in [0.25, 0.3) is 11.0 Å². The molecular weight excluding hydrogens is 308 g/mol. The average molecular weight is 326 g/mol. The molecule has 0 aliphatic carbocycles. The molecule has 3 aromatic rings. The molecule has 124 valence electrons. The number of carbonyl (C=O) groups excluding carboxylic acids is 1. The van der Waals surface area contributed by atoms with Crippen LogP contribution in [0.15, 0.2) is 24.3 Å². The molecule has 24 heavy (non-hydrogen) atoms. The number of nitrogens with zero attached hydrogens (tertiary/aromatic N) is 6. The number of aryl methyl sites for hydroxylation is 1. The predicted molar refractivity (Wildman–Crippen MR) is 85.8 cm³/mol. The Morgan fingerprint density at radius 1 is 1.21 bits per heavy atom. The van der Waals surface area contributed by atoms with Gasteiger partial charge in [-0.05, 0) is 12.1 Å². The molecule has 8 heteroatoms. The summed E-state index contributed by atoms with van der Waals surface area (Å²) in [5.41, 5.74) is 4.25. The number of hydrogen-bond acceptors (Lipinski definition) is 5. The van der Waals surface area contributed by atoms with E-state index in [0.717, 1.165) is 28.7 Å². The van der Waals surface area contributed by atoms with Crippen molar-refractivity contribution in [3.63, 3.8) is 0 Å². The van der Waals surface area contributed by atoms with Crippen molar-refractivity contribution in [1.29, 1.82) is 0 Å². The van der Waals surface area contributed by atoms with Gasteiger partial charge in [-0.2, -0.15) is 20.1 Å². The first-order chi connectivity index (χ1) is 11.7. The third-order valence-electron chi connectivity index (χ3n) is 4.43. The number of aromatic nitrogens is 5. The molecule has 1 aliphatic rings.